The number of nitrogens with zero attached hydrogens (tertiary/aromatic N) is 2. The second kappa shape index (κ2) is 6.43. The minimum absolute atomic E-state index is 0.0760. The van der Waals surface area contributed by atoms with Gasteiger partial charge in [0, 0.05) is 24.3 Å². The van der Waals surface area contributed by atoms with Crippen molar-refractivity contribution in [2.45, 2.75) is 0 Å². The van der Waals surface area contributed by atoms with Crippen molar-refractivity contribution in [1.82, 2.24) is 9.46 Å². The van der Waals surface area contributed by atoms with Gasteiger partial charge in [0.15, 0.2) is 0 Å². The molecule has 0 fully saturated rings. The first kappa shape index (κ1) is 16.8. The molecule has 0 saturated carbocycles. The summed E-state index contributed by atoms with van der Waals surface area (Å²) in [6.45, 7) is 0. The molecule has 0 bridgehead atoms. The number of hydrogen-bond donors (Lipinski definition) is 4. The average molecular weight is 360 g/mol. The Morgan fingerprint density at radius 3 is 1.35 bits per heavy atom. The normalized spacial score (nSPS) is 10.5. The van der Waals surface area contributed by atoms with Gasteiger partial charge >= 0.3 is 11.9 Å². The molecule has 3 aromatic rings. The molecule has 0 amide bonds. The monoisotopic (exact) mass is 360 g/mol. The first-order chi connectivity index (χ1) is 12.4. The van der Waals surface area contributed by atoms with Crippen LogP contribution in [0.4, 0.5) is 0 Å². The lowest BCUT2D eigenvalue weighted by molar-refractivity contribution is 0.0376. The van der Waals surface area contributed by atoms with Crippen LogP contribution in [0.1, 0.15) is 20.7 Å². The van der Waals surface area contributed by atoms with E-state index in [4.69, 9.17) is 9.68 Å². The van der Waals surface area contributed by atoms with Gasteiger partial charge in [-0.05, 0) is 18.2 Å². The summed E-state index contributed by atoms with van der Waals surface area (Å²) in [5.74, 6) is -3.91. The van der Waals surface area contributed by atoms with Crippen molar-refractivity contribution in [3.05, 3.63) is 59.7 Å². The zero-order valence-electron chi connectivity index (χ0n) is 12.9. The topological polar surface area (TPSA) is 143 Å². The molecule has 0 spiro atoms. The van der Waals surface area contributed by atoms with Crippen molar-refractivity contribution in [3.8, 4) is 23.5 Å². The standard InChI is InChI=1S/C16H12N2O8/c19-11-4-5-12(20)17(11)25-15(23)9-2-1-3-10(8-9)16(24)26-18-13(21)6-7-14(18)22/h1-8,19-22H. The Morgan fingerprint density at radius 1 is 0.654 bits per heavy atom. The van der Waals surface area contributed by atoms with E-state index in [0.29, 0.717) is 9.46 Å². The molecule has 0 saturated heterocycles. The first-order valence-corrected chi connectivity index (χ1v) is 7.11. The van der Waals surface area contributed by atoms with Crippen LogP contribution in [0, 0.1) is 0 Å². The van der Waals surface area contributed by atoms with E-state index < -0.39 is 35.5 Å². The van der Waals surface area contributed by atoms with Crippen molar-refractivity contribution < 1.29 is 39.7 Å². The molecule has 10 nitrogen and oxygen atoms in total. The van der Waals surface area contributed by atoms with E-state index >= 15 is 0 Å². The van der Waals surface area contributed by atoms with Crippen LogP contribution in [0.25, 0.3) is 0 Å². The molecule has 0 atom stereocenters. The highest BCUT2D eigenvalue weighted by atomic mass is 16.7. The van der Waals surface area contributed by atoms with Crippen molar-refractivity contribution in [1.29, 1.82) is 0 Å². The van der Waals surface area contributed by atoms with Crippen LogP contribution in [-0.2, 0) is 0 Å². The summed E-state index contributed by atoms with van der Waals surface area (Å²) in [7, 11) is 0. The third-order valence-electron chi connectivity index (χ3n) is 3.28. The Hall–Kier alpha value is -4.08. The molecule has 4 N–H and O–H groups in total. The van der Waals surface area contributed by atoms with Gasteiger partial charge in [-0.1, -0.05) is 6.07 Å². The van der Waals surface area contributed by atoms with E-state index in [0.717, 1.165) is 30.3 Å². The number of aromatic nitrogens is 2. The highest BCUT2D eigenvalue weighted by Gasteiger charge is 2.18. The summed E-state index contributed by atoms with van der Waals surface area (Å²) in [6, 6.07) is 9.65. The Morgan fingerprint density at radius 2 is 1.00 bits per heavy atom. The maximum Gasteiger partial charge on any atom is 0.363 e. The molecule has 3 rings (SSSR count). The SMILES string of the molecule is O=C(On1c(O)ccc1O)c1cccc(C(=O)On2c(O)ccc2O)c1. The van der Waals surface area contributed by atoms with Gasteiger partial charge in [-0.3, -0.25) is 0 Å². The Balaban J connectivity index is 1.79. The van der Waals surface area contributed by atoms with Gasteiger partial charge in [-0.25, -0.2) is 9.59 Å². The molecule has 0 aliphatic rings. The second-order valence-corrected chi connectivity index (χ2v) is 5.03. The predicted octanol–water partition coefficient (Wildman–Crippen LogP) is 0.650. The van der Waals surface area contributed by atoms with Crippen LogP contribution in [0.2, 0.25) is 0 Å². The summed E-state index contributed by atoms with van der Waals surface area (Å²) >= 11 is 0. The lowest BCUT2D eigenvalue weighted by Gasteiger charge is -2.09. The van der Waals surface area contributed by atoms with E-state index in [9.17, 15) is 30.0 Å². The fourth-order valence-corrected chi connectivity index (χ4v) is 2.04. The van der Waals surface area contributed by atoms with Crippen LogP contribution in [0.3, 0.4) is 0 Å². The van der Waals surface area contributed by atoms with E-state index in [1.54, 1.807) is 0 Å². The third-order valence-corrected chi connectivity index (χ3v) is 3.28. The quantitative estimate of drug-likeness (QED) is 0.531. The maximum absolute atomic E-state index is 12.1. The molecule has 0 aliphatic carbocycles. The number of benzene rings is 1. The Kier molecular flexibility index (Phi) is 4.15. The molecule has 2 heterocycles. The van der Waals surface area contributed by atoms with Gasteiger partial charge in [0.05, 0.1) is 11.1 Å². The van der Waals surface area contributed by atoms with Crippen molar-refractivity contribution in [2.75, 3.05) is 0 Å². The number of carbonyl (C=O) groups excluding carboxylic acids is 2. The second-order valence-electron chi connectivity index (χ2n) is 5.03. The summed E-state index contributed by atoms with van der Waals surface area (Å²) in [5, 5.41) is 37.9. The van der Waals surface area contributed by atoms with Gasteiger partial charge < -0.3 is 30.1 Å². The molecule has 134 valence electrons. The van der Waals surface area contributed by atoms with E-state index in [-0.39, 0.29) is 11.1 Å². The van der Waals surface area contributed by atoms with E-state index in [2.05, 4.69) is 0 Å². The van der Waals surface area contributed by atoms with Gasteiger partial charge in [0.1, 0.15) is 0 Å². The van der Waals surface area contributed by atoms with Gasteiger partial charge in [-0.2, -0.15) is 0 Å². The summed E-state index contributed by atoms with van der Waals surface area (Å²) in [4.78, 5) is 33.9. The molecule has 26 heavy (non-hydrogen) atoms. The molecule has 0 unspecified atom stereocenters. The highest BCUT2D eigenvalue weighted by Crippen LogP contribution is 2.21. The molecular weight excluding hydrogens is 348 g/mol. The summed E-state index contributed by atoms with van der Waals surface area (Å²) < 4.78 is 1.01. The van der Waals surface area contributed by atoms with Crippen molar-refractivity contribution in [3.63, 3.8) is 0 Å². The van der Waals surface area contributed by atoms with Gasteiger partial charge in [0.25, 0.3) is 0 Å². The predicted molar refractivity (Wildman–Crippen MR) is 83.8 cm³/mol. The minimum atomic E-state index is -0.965. The number of aromatic hydroxyl groups is 4. The highest BCUT2D eigenvalue weighted by molar-refractivity contribution is 5.95. The zero-order chi connectivity index (χ0) is 18.8. The Labute approximate surface area is 145 Å². The van der Waals surface area contributed by atoms with Crippen molar-refractivity contribution >= 4 is 11.9 Å². The molecular formula is C16H12N2O8. The van der Waals surface area contributed by atoms with E-state index in [1.165, 1.54) is 18.2 Å². The van der Waals surface area contributed by atoms with E-state index in [1.807, 2.05) is 0 Å². The van der Waals surface area contributed by atoms with Crippen LogP contribution in [0.5, 0.6) is 23.5 Å². The first-order valence-electron chi connectivity index (χ1n) is 7.11. The fourth-order valence-electron chi connectivity index (χ4n) is 2.04. The van der Waals surface area contributed by atoms with Crippen molar-refractivity contribution in [2.24, 2.45) is 0 Å². The van der Waals surface area contributed by atoms with Gasteiger partial charge in [0.2, 0.25) is 23.5 Å². The lowest BCUT2D eigenvalue weighted by atomic mass is 10.1. The van der Waals surface area contributed by atoms with Crippen LogP contribution in [0.15, 0.2) is 48.5 Å². The Bertz CT molecular complexity index is 874. The molecule has 1 aromatic carbocycles. The molecule has 0 aliphatic heterocycles. The van der Waals surface area contributed by atoms with Crippen LogP contribution in [-0.4, -0.2) is 41.8 Å². The van der Waals surface area contributed by atoms with Crippen LogP contribution < -0.4 is 9.68 Å². The maximum atomic E-state index is 12.1. The number of hydrogen-bond acceptors (Lipinski definition) is 8. The lowest BCUT2D eigenvalue weighted by Crippen LogP contribution is -2.21. The minimum Gasteiger partial charge on any atom is -0.492 e. The van der Waals surface area contributed by atoms with Gasteiger partial charge in [-0.15, -0.1) is 9.46 Å². The third kappa shape index (κ3) is 3.11. The smallest absolute Gasteiger partial charge is 0.363 e. The molecule has 2 aromatic heterocycles. The fraction of sp³-hybridized carbons (Fsp3) is 0. The zero-order valence-corrected chi connectivity index (χ0v) is 12.9. The molecule has 10 heteroatoms. The van der Waals surface area contributed by atoms with Crippen LogP contribution >= 0.6 is 0 Å². The number of carbonyl (C=O) groups is 2. The summed E-state index contributed by atoms with van der Waals surface area (Å²) in [6.07, 6.45) is 0. The number of rotatable bonds is 4. The summed E-state index contributed by atoms with van der Waals surface area (Å²) in [5.41, 5.74) is -0.152. The molecule has 0 radical (unpaired) electrons. The largest absolute Gasteiger partial charge is 0.492 e. The average Bonchev–Trinajstić information content (AvgIpc) is 3.11.